The highest BCUT2D eigenvalue weighted by Gasteiger charge is 2.01. The maximum atomic E-state index is 8.43. The second-order valence-corrected chi connectivity index (χ2v) is 4.88. The van der Waals surface area contributed by atoms with Crippen LogP contribution in [0.25, 0.3) is 0 Å². The van der Waals surface area contributed by atoms with E-state index in [0.717, 1.165) is 10.4 Å². The van der Waals surface area contributed by atoms with E-state index in [0.29, 0.717) is 16.8 Å². The number of nitrogens with zero attached hydrogens (tertiary/aromatic N) is 2. The summed E-state index contributed by atoms with van der Waals surface area (Å²) in [6.45, 7) is 0.421. The van der Waals surface area contributed by atoms with Gasteiger partial charge in [0.05, 0.1) is 11.1 Å². The predicted octanol–water partition coefficient (Wildman–Crippen LogP) is 3.18. The van der Waals surface area contributed by atoms with Crippen LogP contribution in [0.4, 0.5) is 0 Å². The first-order chi connectivity index (χ1) is 8.28. The molecule has 0 saturated heterocycles. The molecular weight excluding hydrogens is 260 g/mol. The molecule has 17 heavy (non-hydrogen) atoms. The molecule has 2 rings (SSSR count). The van der Waals surface area contributed by atoms with Crippen molar-refractivity contribution in [1.82, 2.24) is 4.98 Å². The number of thiazole rings is 1. The Morgan fingerprint density at radius 1 is 1.53 bits per heavy atom. The quantitative estimate of drug-likeness (QED) is 0.526. The summed E-state index contributed by atoms with van der Waals surface area (Å²) in [5.41, 5.74) is 0.771. The van der Waals surface area contributed by atoms with E-state index in [1.165, 1.54) is 17.6 Å². The summed E-state index contributed by atoms with van der Waals surface area (Å²) in [6, 6.07) is 7.25. The molecule has 6 heteroatoms. The van der Waals surface area contributed by atoms with Gasteiger partial charge in [-0.05, 0) is 17.7 Å². The third kappa shape index (κ3) is 3.44. The molecule has 0 bridgehead atoms. The number of rotatable bonds is 4. The molecule has 0 radical (unpaired) electrons. The molecule has 4 nitrogen and oxygen atoms in total. The van der Waals surface area contributed by atoms with Gasteiger partial charge in [-0.25, -0.2) is 4.98 Å². The fraction of sp³-hybridized carbons (Fsp3) is 0.0909. The first kappa shape index (κ1) is 11.9. The smallest absolute Gasteiger partial charge is 0.183 e. The number of halogens is 1. The average Bonchev–Trinajstić information content (AvgIpc) is 2.74. The Labute approximate surface area is 107 Å². The van der Waals surface area contributed by atoms with Gasteiger partial charge in [0.15, 0.2) is 4.47 Å². The summed E-state index contributed by atoms with van der Waals surface area (Å²) >= 11 is 7.10. The van der Waals surface area contributed by atoms with Gasteiger partial charge in [-0.1, -0.05) is 28.9 Å². The van der Waals surface area contributed by atoms with Crippen LogP contribution in [0.2, 0.25) is 4.47 Å². The normalized spacial score (nSPS) is 10.9. The molecule has 0 unspecified atom stereocenters. The number of benzene rings is 1. The number of oxime groups is 1. The maximum Gasteiger partial charge on any atom is 0.183 e. The first-order valence-corrected chi connectivity index (χ1v) is 5.98. The van der Waals surface area contributed by atoms with Gasteiger partial charge in [0.1, 0.15) is 12.4 Å². The van der Waals surface area contributed by atoms with Gasteiger partial charge in [0.25, 0.3) is 0 Å². The van der Waals surface area contributed by atoms with Gasteiger partial charge in [-0.15, -0.1) is 11.3 Å². The number of hydrogen-bond donors (Lipinski definition) is 1. The minimum Gasteiger partial charge on any atom is -0.488 e. The van der Waals surface area contributed by atoms with Crippen molar-refractivity contribution in [2.45, 2.75) is 6.61 Å². The Hall–Kier alpha value is -1.59. The largest absolute Gasteiger partial charge is 0.488 e. The Morgan fingerprint density at radius 2 is 2.41 bits per heavy atom. The molecule has 1 N–H and O–H groups in total. The fourth-order valence-electron chi connectivity index (χ4n) is 1.26. The molecule has 0 atom stereocenters. The molecule has 0 aliphatic carbocycles. The number of hydrogen-bond acceptors (Lipinski definition) is 5. The summed E-state index contributed by atoms with van der Waals surface area (Å²) in [6.07, 6.45) is 3.03. The number of ether oxygens (including phenoxy) is 1. The van der Waals surface area contributed by atoms with Crippen LogP contribution in [0.1, 0.15) is 10.4 Å². The van der Waals surface area contributed by atoms with E-state index in [1.807, 2.05) is 18.2 Å². The summed E-state index contributed by atoms with van der Waals surface area (Å²) < 4.78 is 6.07. The van der Waals surface area contributed by atoms with E-state index in [2.05, 4.69) is 10.1 Å². The van der Waals surface area contributed by atoms with E-state index >= 15 is 0 Å². The summed E-state index contributed by atoms with van der Waals surface area (Å²) in [5.74, 6) is 0.701. The van der Waals surface area contributed by atoms with Crippen LogP contribution in [-0.2, 0) is 6.61 Å². The zero-order chi connectivity index (χ0) is 12.1. The van der Waals surface area contributed by atoms with Crippen molar-refractivity contribution in [2.24, 2.45) is 5.16 Å². The maximum absolute atomic E-state index is 8.43. The van der Waals surface area contributed by atoms with Crippen LogP contribution in [0.5, 0.6) is 5.75 Å². The van der Waals surface area contributed by atoms with Crippen molar-refractivity contribution in [3.8, 4) is 5.75 Å². The van der Waals surface area contributed by atoms with Gasteiger partial charge in [-0.2, -0.15) is 0 Å². The highest BCUT2D eigenvalue weighted by molar-refractivity contribution is 7.15. The van der Waals surface area contributed by atoms with E-state index in [-0.39, 0.29) is 0 Å². The summed E-state index contributed by atoms with van der Waals surface area (Å²) in [5, 5.41) is 11.4. The Kier molecular flexibility index (Phi) is 3.95. The SMILES string of the molecule is O/N=C/c1cccc(OCc2cnc(Cl)s2)c1. The lowest BCUT2D eigenvalue weighted by Gasteiger charge is -2.04. The Morgan fingerprint density at radius 3 is 3.12 bits per heavy atom. The highest BCUT2D eigenvalue weighted by Crippen LogP contribution is 2.20. The minimum atomic E-state index is 0.421. The van der Waals surface area contributed by atoms with Gasteiger partial charge in [-0.3, -0.25) is 0 Å². The molecule has 0 spiro atoms. The predicted molar refractivity (Wildman–Crippen MR) is 67.3 cm³/mol. The standard InChI is InChI=1S/C11H9ClN2O2S/c12-11-13-6-10(17-11)7-16-9-3-1-2-8(4-9)5-14-15/h1-6,15H,7H2/b14-5+. The number of aromatic nitrogens is 1. The Bertz CT molecular complexity index is 528. The van der Waals surface area contributed by atoms with E-state index in [4.69, 9.17) is 21.5 Å². The van der Waals surface area contributed by atoms with Crippen LogP contribution < -0.4 is 4.74 Å². The third-order valence-electron chi connectivity index (χ3n) is 1.97. The molecule has 0 saturated carbocycles. The van der Waals surface area contributed by atoms with E-state index in [1.54, 1.807) is 12.3 Å². The second kappa shape index (κ2) is 5.65. The molecule has 0 fully saturated rings. The van der Waals surface area contributed by atoms with Crippen LogP contribution >= 0.6 is 22.9 Å². The lowest BCUT2D eigenvalue weighted by Crippen LogP contribution is -1.93. The van der Waals surface area contributed by atoms with Crippen LogP contribution in [-0.4, -0.2) is 16.4 Å². The zero-order valence-electron chi connectivity index (χ0n) is 8.71. The molecule has 2 aromatic rings. The van der Waals surface area contributed by atoms with Crippen LogP contribution in [0, 0.1) is 0 Å². The van der Waals surface area contributed by atoms with Crippen LogP contribution in [0.3, 0.4) is 0 Å². The zero-order valence-corrected chi connectivity index (χ0v) is 10.3. The fourth-order valence-corrected chi connectivity index (χ4v) is 2.15. The lowest BCUT2D eigenvalue weighted by atomic mass is 10.2. The average molecular weight is 269 g/mol. The molecule has 1 aromatic carbocycles. The summed E-state index contributed by atoms with van der Waals surface area (Å²) in [7, 11) is 0. The van der Waals surface area contributed by atoms with Crippen LogP contribution in [0.15, 0.2) is 35.6 Å². The highest BCUT2D eigenvalue weighted by atomic mass is 35.5. The van der Waals surface area contributed by atoms with Gasteiger partial charge < -0.3 is 9.94 Å². The Balaban J connectivity index is 2.01. The molecule has 1 heterocycles. The third-order valence-corrected chi connectivity index (χ3v) is 3.06. The molecule has 88 valence electrons. The van der Waals surface area contributed by atoms with Crippen molar-refractivity contribution in [3.05, 3.63) is 45.4 Å². The van der Waals surface area contributed by atoms with E-state index in [9.17, 15) is 0 Å². The molecular formula is C11H9ClN2O2S. The minimum absolute atomic E-state index is 0.421. The monoisotopic (exact) mass is 268 g/mol. The second-order valence-electron chi connectivity index (χ2n) is 3.19. The van der Waals surface area contributed by atoms with Crippen molar-refractivity contribution in [1.29, 1.82) is 0 Å². The van der Waals surface area contributed by atoms with Crippen molar-refractivity contribution in [3.63, 3.8) is 0 Å². The van der Waals surface area contributed by atoms with Gasteiger partial charge in [0.2, 0.25) is 0 Å². The van der Waals surface area contributed by atoms with Crippen molar-refractivity contribution >= 4 is 29.2 Å². The van der Waals surface area contributed by atoms with Crippen molar-refractivity contribution in [2.75, 3.05) is 0 Å². The van der Waals surface area contributed by atoms with Gasteiger partial charge >= 0.3 is 0 Å². The summed E-state index contributed by atoms with van der Waals surface area (Å²) in [4.78, 5) is 4.88. The topological polar surface area (TPSA) is 54.7 Å². The molecule has 0 amide bonds. The van der Waals surface area contributed by atoms with Gasteiger partial charge in [0, 0.05) is 6.20 Å². The first-order valence-electron chi connectivity index (χ1n) is 4.78. The molecule has 1 aromatic heterocycles. The lowest BCUT2D eigenvalue weighted by molar-refractivity contribution is 0.309. The van der Waals surface area contributed by atoms with Crippen molar-refractivity contribution < 1.29 is 9.94 Å². The molecule has 0 aliphatic heterocycles. The molecule has 0 aliphatic rings. The van der Waals surface area contributed by atoms with E-state index < -0.39 is 0 Å².